The summed E-state index contributed by atoms with van der Waals surface area (Å²) in [5, 5.41) is 18.4. The van der Waals surface area contributed by atoms with Gasteiger partial charge in [0.25, 0.3) is 11.6 Å². The molecule has 1 amide bonds. The summed E-state index contributed by atoms with van der Waals surface area (Å²) < 4.78 is 3.09. The van der Waals surface area contributed by atoms with Gasteiger partial charge in [-0.1, -0.05) is 30.3 Å². The van der Waals surface area contributed by atoms with Gasteiger partial charge in [0, 0.05) is 31.1 Å². The molecule has 0 saturated carbocycles. The number of benzene rings is 2. The summed E-state index contributed by atoms with van der Waals surface area (Å²) >= 11 is 0. The maximum absolute atomic E-state index is 13.0. The van der Waals surface area contributed by atoms with Gasteiger partial charge in [-0.05, 0) is 17.7 Å². The van der Waals surface area contributed by atoms with Crippen LogP contribution in [0.5, 0.6) is 0 Å². The third-order valence-electron chi connectivity index (χ3n) is 4.62. The zero-order valence-electron chi connectivity index (χ0n) is 15.9. The fourth-order valence-electron chi connectivity index (χ4n) is 3.15. The molecule has 0 spiro atoms. The average molecular weight is 403 g/mol. The van der Waals surface area contributed by atoms with Crippen LogP contribution in [-0.2, 0) is 7.05 Å². The van der Waals surface area contributed by atoms with E-state index >= 15 is 0 Å². The summed E-state index contributed by atoms with van der Waals surface area (Å²) in [5.41, 5.74) is 0.966. The summed E-state index contributed by atoms with van der Waals surface area (Å²) in [6.07, 6.45) is 6.07. The Morgan fingerprint density at radius 1 is 1.20 bits per heavy atom. The lowest BCUT2D eigenvalue weighted by atomic mass is 10.0. The molecule has 4 aromatic rings. The minimum absolute atomic E-state index is 0.153. The van der Waals surface area contributed by atoms with Crippen molar-refractivity contribution < 1.29 is 9.72 Å². The van der Waals surface area contributed by atoms with Crippen LogP contribution in [0.15, 0.2) is 73.6 Å². The number of imidazole rings is 1. The van der Waals surface area contributed by atoms with Crippen molar-refractivity contribution in [3.63, 3.8) is 0 Å². The first-order valence-corrected chi connectivity index (χ1v) is 9.01. The van der Waals surface area contributed by atoms with Crippen LogP contribution in [0.2, 0.25) is 0 Å². The molecule has 0 aliphatic carbocycles. The maximum atomic E-state index is 13.0. The normalized spacial score (nSPS) is 11.8. The van der Waals surface area contributed by atoms with Crippen LogP contribution in [0.4, 0.5) is 5.69 Å². The van der Waals surface area contributed by atoms with E-state index in [1.54, 1.807) is 12.4 Å². The second kappa shape index (κ2) is 7.95. The Bertz CT molecular complexity index is 1190. The van der Waals surface area contributed by atoms with Crippen molar-refractivity contribution in [2.24, 2.45) is 7.05 Å². The van der Waals surface area contributed by atoms with E-state index in [4.69, 9.17) is 0 Å². The highest BCUT2D eigenvalue weighted by atomic mass is 16.6. The predicted molar refractivity (Wildman–Crippen MR) is 107 cm³/mol. The summed E-state index contributed by atoms with van der Waals surface area (Å²) in [6.45, 7) is 0. The van der Waals surface area contributed by atoms with Crippen LogP contribution in [0, 0.1) is 10.1 Å². The van der Waals surface area contributed by atoms with Crippen molar-refractivity contribution in [3.05, 3.63) is 101 Å². The molecule has 0 radical (unpaired) electrons. The molecule has 2 heterocycles. The Balaban J connectivity index is 1.69. The van der Waals surface area contributed by atoms with Crippen LogP contribution in [0.25, 0.3) is 5.69 Å². The first-order valence-electron chi connectivity index (χ1n) is 9.01. The largest absolute Gasteiger partial charge is 0.338 e. The van der Waals surface area contributed by atoms with E-state index in [0.717, 1.165) is 5.56 Å². The number of amides is 1. The van der Waals surface area contributed by atoms with Crippen LogP contribution < -0.4 is 5.32 Å². The number of nitrogens with zero attached hydrogens (tertiary/aromatic N) is 6. The number of nitrogens with one attached hydrogen (secondary N) is 1. The number of nitro groups is 1. The van der Waals surface area contributed by atoms with Gasteiger partial charge >= 0.3 is 0 Å². The molecule has 30 heavy (non-hydrogen) atoms. The molecule has 4 rings (SSSR count). The van der Waals surface area contributed by atoms with Gasteiger partial charge in [0.1, 0.15) is 30.2 Å². The van der Waals surface area contributed by atoms with Crippen molar-refractivity contribution >= 4 is 11.6 Å². The molecule has 1 N–H and O–H groups in total. The zero-order chi connectivity index (χ0) is 21.1. The molecule has 0 bridgehead atoms. The number of carbonyl (C=O) groups excluding carboxylic acids is 1. The number of aryl methyl sites for hydroxylation is 1. The minimum atomic E-state index is -0.554. The van der Waals surface area contributed by atoms with Gasteiger partial charge in [-0.25, -0.2) is 14.6 Å². The summed E-state index contributed by atoms with van der Waals surface area (Å²) in [5.74, 6) is 0.184. The summed E-state index contributed by atoms with van der Waals surface area (Å²) in [4.78, 5) is 32.2. The van der Waals surface area contributed by atoms with Crippen molar-refractivity contribution in [1.29, 1.82) is 0 Å². The minimum Gasteiger partial charge on any atom is -0.338 e. The second-order valence-corrected chi connectivity index (χ2v) is 6.51. The first-order chi connectivity index (χ1) is 14.5. The van der Waals surface area contributed by atoms with E-state index in [-0.39, 0.29) is 16.9 Å². The van der Waals surface area contributed by atoms with E-state index in [1.807, 2.05) is 41.9 Å². The van der Waals surface area contributed by atoms with Crippen LogP contribution in [0.3, 0.4) is 0 Å². The van der Waals surface area contributed by atoms with Gasteiger partial charge in [-0.3, -0.25) is 14.9 Å². The van der Waals surface area contributed by atoms with Crippen molar-refractivity contribution in [3.8, 4) is 5.69 Å². The molecule has 2 aromatic heterocycles. The fraction of sp³-hybridized carbons (Fsp3) is 0.100. The molecule has 150 valence electrons. The number of carbonyl (C=O) groups is 1. The number of nitro benzene ring substituents is 1. The van der Waals surface area contributed by atoms with E-state index in [9.17, 15) is 14.9 Å². The van der Waals surface area contributed by atoms with Crippen LogP contribution in [-0.4, -0.2) is 35.1 Å². The molecule has 0 saturated heterocycles. The molecular formula is C20H17N7O3. The summed E-state index contributed by atoms with van der Waals surface area (Å²) in [6, 6.07) is 13.1. The lowest BCUT2D eigenvalue weighted by Gasteiger charge is -2.19. The van der Waals surface area contributed by atoms with Gasteiger partial charge in [0.05, 0.1) is 4.92 Å². The van der Waals surface area contributed by atoms with Gasteiger partial charge in [-0.2, -0.15) is 5.10 Å². The standard InChI is InChI=1S/C20H17N7O3/c1-25-10-9-22-19(25)18(14-5-3-2-4-6-14)24-20(28)15-7-8-16(17(11-15)27(29)30)26-13-21-12-23-26/h2-13,18H,1H3,(H,24,28). The number of hydrogen-bond acceptors (Lipinski definition) is 6. The molecule has 0 aliphatic heterocycles. The van der Waals surface area contributed by atoms with E-state index < -0.39 is 16.9 Å². The molecule has 0 aliphatic rings. The monoisotopic (exact) mass is 403 g/mol. The molecule has 10 nitrogen and oxygen atoms in total. The highest BCUT2D eigenvalue weighted by Gasteiger charge is 2.24. The molecule has 1 atom stereocenters. The SMILES string of the molecule is Cn1ccnc1C(NC(=O)c1ccc(-n2cncn2)c([N+](=O)[O-])c1)c1ccccc1. The predicted octanol–water partition coefficient (Wildman–Crippen LogP) is 2.43. The number of rotatable bonds is 6. The molecule has 1 unspecified atom stereocenters. The smallest absolute Gasteiger partial charge is 0.295 e. The zero-order valence-corrected chi connectivity index (χ0v) is 15.9. The Morgan fingerprint density at radius 2 is 2.00 bits per heavy atom. The fourth-order valence-corrected chi connectivity index (χ4v) is 3.15. The average Bonchev–Trinajstić information content (AvgIpc) is 3.44. The van der Waals surface area contributed by atoms with E-state index in [1.165, 1.54) is 35.5 Å². The lowest BCUT2D eigenvalue weighted by molar-refractivity contribution is -0.384. The molecule has 2 aromatic carbocycles. The quantitative estimate of drug-likeness (QED) is 0.390. The third-order valence-corrected chi connectivity index (χ3v) is 4.62. The van der Waals surface area contributed by atoms with Crippen LogP contribution >= 0.6 is 0 Å². The van der Waals surface area contributed by atoms with Crippen molar-refractivity contribution in [2.75, 3.05) is 0 Å². The van der Waals surface area contributed by atoms with Gasteiger partial charge < -0.3 is 9.88 Å². The van der Waals surface area contributed by atoms with E-state index in [0.29, 0.717) is 5.82 Å². The lowest BCUT2D eigenvalue weighted by Crippen LogP contribution is -2.31. The van der Waals surface area contributed by atoms with Crippen molar-refractivity contribution in [2.45, 2.75) is 6.04 Å². The van der Waals surface area contributed by atoms with Gasteiger partial charge in [-0.15, -0.1) is 0 Å². The van der Waals surface area contributed by atoms with E-state index in [2.05, 4.69) is 20.4 Å². The molecule has 0 fully saturated rings. The second-order valence-electron chi connectivity index (χ2n) is 6.51. The maximum Gasteiger partial charge on any atom is 0.295 e. The number of hydrogen-bond donors (Lipinski definition) is 1. The highest BCUT2D eigenvalue weighted by molar-refractivity contribution is 5.95. The Morgan fingerprint density at radius 3 is 2.63 bits per heavy atom. The third kappa shape index (κ3) is 3.65. The molecule has 10 heteroatoms. The topological polar surface area (TPSA) is 121 Å². The number of aromatic nitrogens is 5. The Hall–Kier alpha value is -4.34. The van der Waals surface area contributed by atoms with Gasteiger partial charge in [0.2, 0.25) is 0 Å². The highest BCUT2D eigenvalue weighted by Crippen LogP contribution is 2.25. The Labute approximate surface area is 171 Å². The van der Waals surface area contributed by atoms with Crippen LogP contribution in [0.1, 0.15) is 27.8 Å². The van der Waals surface area contributed by atoms with Crippen molar-refractivity contribution in [1.82, 2.24) is 29.6 Å². The Kier molecular flexibility index (Phi) is 5.04. The molecular weight excluding hydrogens is 386 g/mol. The first kappa shape index (κ1) is 19.0. The van der Waals surface area contributed by atoms with Gasteiger partial charge in [0.15, 0.2) is 0 Å². The summed E-state index contributed by atoms with van der Waals surface area (Å²) in [7, 11) is 1.84.